The van der Waals surface area contributed by atoms with Crippen LogP contribution in [0.2, 0.25) is 0 Å². The molecule has 0 fully saturated rings. The number of amides is 1. The standard InChI is InChI=1S/C14H20N2O5/c1-10(2)21-8-4-3-7-15-14(18)11-5-6-12(16(19)20)13(17)9-11/h5-6,9-10,17H,3-4,7-8H2,1-2H3,(H,15,18). The number of rotatable bonds is 8. The number of nitro benzene ring substituents is 1. The van der Waals surface area contributed by atoms with Crippen LogP contribution in [-0.4, -0.2) is 35.2 Å². The number of ether oxygens (including phenoxy) is 1. The van der Waals surface area contributed by atoms with Gasteiger partial charge in [-0.2, -0.15) is 0 Å². The molecule has 2 N–H and O–H groups in total. The summed E-state index contributed by atoms with van der Waals surface area (Å²) in [5.74, 6) is -0.886. The van der Waals surface area contributed by atoms with Crippen molar-refractivity contribution in [2.45, 2.75) is 32.8 Å². The molecule has 1 amide bonds. The van der Waals surface area contributed by atoms with Crippen molar-refractivity contribution in [1.82, 2.24) is 5.32 Å². The topological polar surface area (TPSA) is 102 Å². The highest BCUT2D eigenvalue weighted by atomic mass is 16.6. The molecular formula is C14H20N2O5. The van der Waals surface area contributed by atoms with E-state index in [1.165, 1.54) is 6.07 Å². The quantitative estimate of drug-likeness (QED) is 0.435. The van der Waals surface area contributed by atoms with E-state index in [0.717, 1.165) is 25.0 Å². The summed E-state index contributed by atoms with van der Waals surface area (Å²) in [6, 6.07) is 3.52. The second-order valence-corrected chi connectivity index (χ2v) is 4.84. The number of phenolic OH excluding ortho intramolecular Hbond substituents is 1. The summed E-state index contributed by atoms with van der Waals surface area (Å²) in [6.07, 6.45) is 1.81. The van der Waals surface area contributed by atoms with Crippen molar-refractivity contribution in [2.75, 3.05) is 13.2 Å². The van der Waals surface area contributed by atoms with Gasteiger partial charge in [0.15, 0.2) is 5.75 Å². The number of carbonyl (C=O) groups is 1. The van der Waals surface area contributed by atoms with Crippen LogP contribution in [0, 0.1) is 10.1 Å². The molecule has 0 aliphatic carbocycles. The van der Waals surface area contributed by atoms with Crippen LogP contribution in [0.15, 0.2) is 18.2 Å². The molecule has 7 heteroatoms. The van der Waals surface area contributed by atoms with E-state index in [9.17, 15) is 20.0 Å². The Balaban J connectivity index is 2.39. The highest BCUT2D eigenvalue weighted by molar-refractivity contribution is 5.95. The zero-order valence-electron chi connectivity index (χ0n) is 12.2. The van der Waals surface area contributed by atoms with Crippen molar-refractivity contribution in [3.8, 4) is 5.75 Å². The molecule has 0 unspecified atom stereocenters. The highest BCUT2D eigenvalue weighted by Crippen LogP contribution is 2.26. The highest BCUT2D eigenvalue weighted by Gasteiger charge is 2.15. The van der Waals surface area contributed by atoms with E-state index in [-0.39, 0.29) is 17.6 Å². The van der Waals surface area contributed by atoms with E-state index in [0.29, 0.717) is 13.2 Å². The Morgan fingerprint density at radius 2 is 2.14 bits per heavy atom. The molecule has 0 aliphatic rings. The Morgan fingerprint density at radius 3 is 2.71 bits per heavy atom. The number of phenols is 1. The molecule has 0 saturated carbocycles. The number of nitrogens with one attached hydrogen (secondary N) is 1. The second kappa shape index (κ2) is 8.21. The minimum absolute atomic E-state index is 0.191. The number of benzene rings is 1. The smallest absolute Gasteiger partial charge is 0.310 e. The Kier molecular flexibility index (Phi) is 6.61. The molecule has 21 heavy (non-hydrogen) atoms. The fourth-order valence-corrected chi connectivity index (χ4v) is 1.67. The average Bonchev–Trinajstić information content (AvgIpc) is 2.41. The van der Waals surface area contributed by atoms with Crippen molar-refractivity contribution in [3.05, 3.63) is 33.9 Å². The number of aromatic hydroxyl groups is 1. The summed E-state index contributed by atoms with van der Waals surface area (Å²) in [6.45, 7) is 5.05. The van der Waals surface area contributed by atoms with Gasteiger partial charge in [0.1, 0.15) is 0 Å². The third kappa shape index (κ3) is 5.78. The number of hydrogen-bond donors (Lipinski definition) is 2. The van der Waals surface area contributed by atoms with Gasteiger partial charge in [0.2, 0.25) is 0 Å². The van der Waals surface area contributed by atoms with Gasteiger partial charge >= 0.3 is 5.69 Å². The molecule has 7 nitrogen and oxygen atoms in total. The van der Waals surface area contributed by atoms with Gasteiger partial charge in [-0.05, 0) is 38.8 Å². The first-order valence-corrected chi connectivity index (χ1v) is 6.79. The summed E-state index contributed by atoms with van der Waals surface area (Å²) >= 11 is 0. The molecule has 0 aromatic heterocycles. The van der Waals surface area contributed by atoms with E-state index in [1.807, 2.05) is 13.8 Å². The molecule has 0 heterocycles. The van der Waals surface area contributed by atoms with E-state index < -0.39 is 16.4 Å². The zero-order valence-corrected chi connectivity index (χ0v) is 12.2. The lowest BCUT2D eigenvalue weighted by Gasteiger charge is -2.08. The Bertz CT molecular complexity index is 502. The Morgan fingerprint density at radius 1 is 1.43 bits per heavy atom. The fourth-order valence-electron chi connectivity index (χ4n) is 1.67. The fraction of sp³-hybridized carbons (Fsp3) is 0.500. The number of carbonyl (C=O) groups excluding carboxylic acids is 1. The molecular weight excluding hydrogens is 276 g/mol. The second-order valence-electron chi connectivity index (χ2n) is 4.84. The van der Waals surface area contributed by atoms with Gasteiger partial charge < -0.3 is 15.2 Å². The minimum atomic E-state index is -0.703. The molecule has 0 atom stereocenters. The number of nitro groups is 1. The molecule has 0 saturated heterocycles. The van der Waals surface area contributed by atoms with Crippen molar-refractivity contribution >= 4 is 11.6 Å². The van der Waals surface area contributed by atoms with Crippen molar-refractivity contribution < 1.29 is 19.6 Å². The zero-order chi connectivity index (χ0) is 15.8. The lowest BCUT2D eigenvalue weighted by molar-refractivity contribution is -0.385. The van der Waals surface area contributed by atoms with E-state index >= 15 is 0 Å². The summed E-state index contributed by atoms with van der Waals surface area (Å²) in [7, 11) is 0. The predicted octanol–water partition coefficient (Wildman–Crippen LogP) is 2.24. The van der Waals surface area contributed by atoms with Gasteiger partial charge in [-0.15, -0.1) is 0 Å². The third-order valence-electron chi connectivity index (χ3n) is 2.74. The molecule has 1 aromatic carbocycles. The monoisotopic (exact) mass is 296 g/mol. The molecule has 0 aliphatic heterocycles. The summed E-state index contributed by atoms with van der Waals surface area (Å²) < 4.78 is 5.38. The van der Waals surface area contributed by atoms with E-state index in [1.54, 1.807) is 0 Å². The molecule has 1 aromatic rings. The maximum atomic E-state index is 11.8. The van der Waals surface area contributed by atoms with Crippen LogP contribution < -0.4 is 5.32 Å². The van der Waals surface area contributed by atoms with Gasteiger partial charge in [-0.25, -0.2) is 0 Å². The Hall–Kier alpha value is -2.15. The molecule has 0 radical (unpaired) electrons. The number of unbranched alkanes of at least 4 members (excludes halogenated alkanes) is 1. The van der Waals surface area contributed by atoms with Crippen LogP contribution in [0.25, 0.3) is 0 Å². The number of hydrogen-bond acceptors (Lipinski definition) is 5. The van der Waals surface area contributed by atoms with Gasteiger partial charge in [0, 0.05) is 24.8 Å². The first-order valence-electron chi connectivity index (χ1n) is 6.79. The predicted molar refractivity (Wildman–Crippen MR) is 77.4 cm³/mol. The third-order valence-corrected chi connectivity index (χ3v) is 2.74. The van der Waals surface area contributed by atoms with Crippen LogP contribution in [0.5, 0.6) is 5.75 Å². The lowest BCUT2D eigenvalue weighted by atomic mass is 10.1. The SMILES string of the molecule is CC(C)OCCCCNC(=O)c1ccc([N+](=O)[O-])c(O)c1. The van der Waals surface area contributed by atoms with Crippen molar-refractivity contribution in [1.29, 1.82) is 0 Å². The van der Waals surface area contributed by atoms with Crippen LogP contribution in [-0.2, 0) is 4.74 Å². The van der Waals surface area contributed by atoms with Crippen LogP contribution >= 0.6 is 0 Å². The summed E-state index contributed by atoms with van der Waals surface area (Å²) in [5.41, 5.74) is -0.228. The Labute approximate surface area is 123 Å². The van der Waals surface area contributed by atoms with Gasteiger partial charge in [-0.1, -0.05) is 0 Å². The van der Waals surface area contributed by atoms with Crippen LogP contribution in [0.1, 0.15) is 37.0 Å². The van der Waals surface area contributed by atoms with Crippen molar-refractivity contribution in [2.24, 2.45) is 0 Å². The maximum absolute atomic E-state index is 11.8. The van der Waals surface area contributed by atoms with Crippen molar-refractivity contribution in [3.63, 3.8) is 0 Å². The van der Waals surface area contributed by atoms with E-state index in [2.05, 4.69) is 5.32 Å². The summed E-state index contributed by atoms with van der Waals surface area (Å²) in [5, 5.41) is 22.7. The maximum Gasteiger partial charge on any atom is 0.310 e. The molecule has 0 spiro atoms. The van der Waals surface area contributed by atoms with Gasteiger partial charge in [0.25, 0.3) is 5.91 Å². The molecule has 116 valence electrons. The van der Waals surface area contributed by atoms with Crippen LogP contribution in [0.4, 0.5) is 5.69 Å². The summed E-state index contributed by atoms with van der Waals surface area (Å²) in [4.78, 5) is 21.6. The largest absolute Gasteiger partial charge is 0.502 e. The molecule has 0 bridgehead atoms. The van der Waals surface area contributed by atoms with E-state index in [4.69, 9.17) is 4.74 Å². The number of nitrogens with zero attached hydrogens (tertiary/aromatic N) is 1. The minimum Gasteiger partial charge on any atom is -0.502 e. The first-order chi connectivity index (χ1) is 9.91. The van der Waals surface area contributed by atoms with Crippen LogP contribution in [0.3, 0.4) is 0 Å². The van der Waals surface area contributed by atoms with Gasteiger partial charge in [0.05, 0.1) is 11.0 Å². The van der Waals surface area contributed by atoms with Gasteiger partial charge in [-0.3, -0.25) is 14.9 Å². The molecule has 1 rings (SSSR count). The first kappa shape index (κ1) is 16.9. The normalized spacial score (nSPS) is 10.6. The average molecular weight is 296 g/mol. The lowest BCUT2D eigenvalue weighted by Crippen LogP contribution is -2.24.